The summed E-state index contributed by atoms with van der Waals surface area (Å²) in [6, 6.07) is 15.4. The number of aromatic nitrogens is 1. The van der Waals surface area contributed by atoms with Crippen LogP contribution in [0, 0.1) is 6.92 Å². The third-order valence-corrected chi connectivity index (χ3v) is 6.22. The Labute approximate surface area is 261 Å². The molecule has 3 aromatic rings. The smallest absolute Gasteiger partial charge is 0.369 e. The average molecular weight is 635 g/mol. The van der Waals surface area contributed by atoms with Crippen LogP contribution in [-0.4, -0.2) is 42.3 Å². The maximum atomic E-state index is 13.1. The molecule has 0 saturated heterocycles. The van der Waals surface area contributed by atoms with Gasteiger partial charge in [0.25, 0.3) is 5.60 Å². The van der Waals surface area contributed by atoms with Crippen molar-refractivity contribution >= 4 is 11.9 Å². The summed E-state index contributed by atoms with van der Waals surface area (Å²) in [4.78, 5) is 10.3. The topological polar surface area (TPSA) is 74.7 Å². The van der Waals surface area contributed by atoms with E-state index in [-0.39, 0.29) is 0 Å². The zero-order valence-corrected chi connectivity index (χ0v) is 25.9. The van der Waals surface area contributed by atoms with Crippen LogP contribution in [0.25, 0.3) is 11.3 Å². The number of nitrogens with zero attached hydrogens (tertiary/aromatic N) is 3. The molecule has 0 unspecified atom stereocenters. The monoisotopic (exact) mass is 634 g/mol. The summed E-state index contributed by atoms with van der Waals surface area (Å²) in [7, 11) is 1.50. The fourth-order valence-electron chi connectivity index (χ4n) is 4.24. The molecule has 0 bridgehead atoms. The minimum absolute atomic E-state index is 0.311. The fraction of sp³-hybridized carbons (Fsp3) is 0.294. The SMILES string of the molecule is C=CC.C=CC=NC(=C)C.CN.Cc1cccc(-c2ccc3c(c2)CCN3Cc2ccc(C(O)(C(F)(F)F)C(F)(F)F)cc2)n1. The first-order valence-corrected chi connectivity index (χ1v) is 13.8. The number of hydrogen-bond donors (Lipinski definition) is 2. The van der Waals surface area contributed by atoms with E-state index in [9.17, 15) is 31.4 Å². The number of halogens is 6. The number of aliphatic hydroxyl groups is 1. The Kier molecular flexibility index (Phi) is 14.9. The quantitative estimate of drug-likeness (QED) is 0.162. The zero-order chi connectivity index (χ0) is 34.4. The van der Waals surface area contributed by atoms with Crippen LogP contribution in [0.15, 0.2) is 103 Å². The summed E-state index contributed by atoms with van der Waals surface area (Å²) in [6.45, 7) is 17.0. The third kappa shape index (κ3) is 10.4. The van der Waals surface area contributed by atoms with Crippen LogP contribution < -0.4 is 10.6 Å². The van der Waals surface area contributed by atoms with E-state index in [4.69, 9.17) is 0 Å². The van der Waals surface area contributed by atoms with Gasteiger partial charge in [-0.1, -0.05) is 61.7 Å². The molecule has 0 atom stereocenters. The van der Waals surface area contributed by atoms with Gasteiger partial charge in [-0.2, -0.15) is 26.3 Å². The molecular formula is C34H40F6N4O. The van der Waals surface area contributed by atoms with Gasteiger partial charge in [-0.3, -0.25) is 9.98 Å². The van der Waals surface area contributed by atoms with Crippen molar-refractivity contribution in [1.82, 2.24) is 4.98 Å². The Morgan fingerprint density at radius 2 is 1.58 bits per heavy atom. The number of anilines is 1. The highest BCUT2D eigenvalue weighted by molar-refractivity contribution is 5.71. The highest BCUT2D eigenvalue weighted by Gasteiger charge is 2.71. The summed E-state index contributed by atoms with van der Waals surface area (Å²) < 4.78 is 78.4. The maximum absolute atomic E-state index is 13.1. The number of alkyl halides is 6. The lowest BCUT2D eigenvalue weighted by atomic mass is 9.91. The third-order valence-electron chi connectivity index (χ3n) is 6.22. The van der Waals surface area contributed by atoms with Gasteiger partial charge in [-0.05, 0) is 69.6 Å². The number of fused-ring (bicyclic) bond motifs is 1. The summed E-state index contributed by atoms with van der Waals surface area (Å²) in [5.41, 5.74) is 4.44. The van der Waals surface area contributed by atoms with Gasteiger partial charge in [0.2, 0.25) is 0 Å². The predicted molar refractivity (Wildman–Crippen MR) is 171 cm³/mol. The van der Waals surface area contributed by atoms with Crippen LogP contribution >= 0.6 is 0 Å². The summed E-state index contributed by atoms with van der Waals surface area (Å²) >= 11 is 0. The molecule has 0 fully saturated rings. The van der Waals surface area contributed by atoms with Crippen LogP contribution in [0.3, 0.4) is 0 Å². The van der Waals surface area contributed by atoms with Crippen molar-refractivity contribution in [3.8, 4) is 11.3 Å². The fourth-order valence-corrected chi connectivity index (χ4v) is 4.24. The molecule has 1 aliphatic heterocycles. The van der Waals surface area contributed by atoms with E-state index in [1.165, 1.54) is 19.2 Å². The number of rotatable bonds is 6. The Balaban J connectivity index is 0.000000726. The molecule has 244 valence electrons. The van der Waals surface area contributed by atoms with E-state index >= 15 is 0 Å². The van der Waals surface area contributed by atoms with Crippen LogP contribution in [0.2, 0.25) is 0 Å². The second kappa shape index (κ2) is 17.3. The van der Waals surface area contributed by atoms with Gasteiger partial charge in [0.15, 0.2) is 0 Å². The first-order chi connectivity index (χ1) is 21.1. The van der Waals surface area contributed by atoms with Gasteiger partial charge < -0.3 is 15.7 Å². The first kappa shape index (κ1) is 38.8. The molecule has 3 N–H and O–H groups in total. The van der Waals surface area contributed by atoms with E-state index < -0.39 is 23.5 Å². The molecule has 2 heterocycles. The average Bonchev–Trinajstić information content (AvgIpc) is 3.38. The molecule has 0 saturated carbocycles. The highest BCUT2D eigenvalue weighted by atomic mass is 19.4. The van der Waals surface area contributed by atoms with Gasteiger partial charge >= 0.3 is 12.4 Å². The number of aryl methyl sites for hydroxylation is 1. The summed E-state index contributed by atoms with van der Waals surface area (Å²) in [5, 5.41) is 9.53. The van der Waals surface area contributed by atoms with E-state index in [1.54, 1.807) is 18.4 Å². The van der Waals surface area contributed by atoms with Crippen LogP contribution in [0.4, 0.5) is 32.0 Å². The minimum Gasteiger partial charge on any atom is -0.369 e. The first-order valence-electron chi connectivity index (χ1n) is 13.8. The molecule has 11 heteroatoms. The van der Waals surface area contributed by atoms with E-state index in [2.05, 4.69) is 35.4 Å². The second-order valence-electron chi connectivity index (χ2n) is 9.74. The number of aliphatic imine (C=N–C) groups is 1. The number of hydrogen-bond acceptors (Lipinski definition) is 5. The number of nitrogens with two attached hydrogens (primary N) is 1. The van der Waals surface area contributed by atoms with Gasteiger partial charge in [-0.15, -0.1) is 6.58 Å². The highest BCUT2D eigenvalue weighted by Crippen LogP contribution is 2.50. The molecule has 0 radical (unpaired) electrons. The molecule has 5 nitrogen and oxygen atoms in total. The molecule has 2 aromatic carbocycles. The Morgan fingerprint density at radius 3 is 2.04 bits per heavy atom. The lowest BCUT2D eigenvalue weighted by molar-refractivity contribution is -0.376. The van der Waals surface area contributed by atoms with Gasteiger partial charge in [0, 0.05) is 47.5 Å². The van der Waals surface area contributed by atoms with Crippen molar-refractivity contribution in [2.45, 2.75) is 51.7 Å². The van der Waals surface area contributed by atoms with E-state index in [1.807, 2.05) is 62.1 Å². The lowest BCUT2D eigenvalue weighted by Crippen LogP contribution is -2.53. The standard InChI is InChI=1S/C24H20F6N2O.C6H9N.C3H6.CH5N/c1-15-3-2-4-20(31-15)17-7-10-21-18(13-17)11-12-32(21)14-16-5-8-19(9-6-16)22(33,23(25,26)27)24(28,29)30;1-4-5-7-6(2)3;1-3-2;1-2/h2-10,13,33H,11-12,14H2,1H3;4-5H,1-2H2,3H3;3H,1H2,2H3;2H2,1H3. The second-order valence-corrected chi connectivity index (χ2v) is 9.74. The van der Waals surface area contributed by atoms with E-state index in [0.717, 1.165) is 40.3 Å². The molecule has 0 amide bonds. The van der Waals surface area contributed by atoms with Crippen LogP contribution in [-0.2, 0) is 18.6 Å². The Bertz CT molecular complexity index is 1420. The van der Waals surface area contributed by atoms with Crippen LogP contribution in [0.1, 0.15) is 36.2 Å². The molecule has 45 heavy (non-hydrogen) atoms. The molecular weight excluding hydrogens is 594 g/mol. The van der Waals surface area contributed by atoms with Crippen molar-refractivity contribution in [3.63, 3.8) is 0 Å². The van der Waals surface area contributed by atoms with Crippen molar-refractivity contribution < 1.29 is 31.4 Å². The van der Waals surface area contributed by atoms with Gasteiger partial charge in [-0.25, -0.2) is 0 Å². The zero-order valence-electron chi connectivity index (χ0n) is 25.9. The Hall–Kier alpha value is -4.22. The summed E-state index contributed by atoms with van der Waals surface area (Å²) in [5.74, 6) is 0. The number of allylic oxidation sites excluding steroid dienone is 3. The number of pyridine rings is 1. The lowest BCUT2D eigenvalue weighted by Gasteiger charge is -2.32. The van der Waals surface area contributed by atoms with Crippen molar-refractivity contribution in [3.05, 3.63) is 121 Å². The number of benzene rings is 2. The summed E-state index contributed by atoms with van der Waals surface area (Å²) in [6.07, 6.45) is -6.05. The van der Waals surface area contributed by atoms with Crippen molar-refractivity contribution in [1.29, 1.82) is 0 Å². The molecule has 0 spiro atoms. The normalized spacial score (nSPS) is 12.5. The Morgan fingerprint density at radius 1 is 1.00 bits per heavy atom. The van der Waals surface area contributed by atoms with Crippen molar-refractivity contribution in [2.75, 3.05) is 18.5 Å². The van der Waals surface area contributed by atoms with Crippen molar-refractivity contribution in [2.24, 2.45) is 10.7 Å². The van der Waals surface area contributed by atoms with Crippen LogP contribution in [0.5, 0.6) is 0 Å². The van der Waals surface area contributed by atoms with E-state index in [0.29, 0.717) is 30.8 Å². The van der Waals surface area contributed by atoms with Gasteiger partial charge in [0.05, 0.1) is 5.69 Å². The molecule has 0 aliphatic carbocycles. The van der Waals surface area contributed by atoms with Gasteiger partial charge in [0.1, 0.15) is 0 Å². The maximum Gasteiger partial charge on any atom is 0.430 e. The molecule has 1 aliphatic rings. The molecule has 4 rings (SSSR count). The predicted octanol–water partition coefficient (Wildman–Crippen LogP) is 8.48. The molecule has 1 aromatic heterocycles. The largest absolute Gasteiger partial charge is 0.430 e. The minimum atomic E-state index is -5.90.